The lowest BCUT2D eigenvalue weighted by atomic mass is 10.1. The zero-order valence-corrected chi connectivity index (χ0v) is 19.7. The van der Waals surface area contributed by atoms with Gasteiger partial charge in [0.1, 0.15) is 17.2 Å². The fourth-order valence-corrected chi connectivity index (χ4v) is 4.49. The van der Waals surface area contributed by atoms with E-state index in [0.717, 1.165) is 16.6 Å². The number of aromatic nitrogens is 4. The molecule has 186 valence electrons. The quantitative estimate of drug-likeness (QED) is 0.349. The summed E-state index contributed by atoms with van der Waals surface area (Å²) in [5.41, 5.74) is 1.11. The maximum absolute atomic E-state index is 14.3. The Balaban J connectivity index is 1.54. The van der Waals surface area contributed by atoms with Crippen LogP contribution in [0.15, 0.2) is 58.1 Å². The number of aromatic amines is 1. The number of carbonyl (C=O) groups excluding carboxylic acids is 1. The van der Waals surface area contributed by atoms with Crippen molar-refractivity contribution in [1.29, 1.82) is 0 Å². The number of halogens is 1. The predicted octanol–water partition coefficient (Wildman–Crippen LogP) is 2.25. The number of nitrogens with one attached hydrogen (secondary N) is 2. The normalized spacial score (nSPS) is 16.9. The number of imidazole rings is 1. The zero-order valence-electron chi connectivity index (χ0n) is 19.7. The van der Waals surface area contributed by atoms with Gasteiger partial charge >= 0.3 is 5.69 Å². The minimum Gasteiger partial charge on any atom is -0.396 e. The van der Waals surface area contributed by atoms with Crippen LogP contribution in [0.1, 0.15) is 30.3 Å². The van der Waals surface area contributed by atoms with Crippen molar-refractivity contribution in [2.45, 2.75) is 32.9 Å². The Kier molecular flexibility index (Phi) is 6.27. The van der Waals surface area contributed by atoms with Crippen LogP contribution in [-0.4, -0.2) is 36.7 Å². The molecule has 0 spiro atoms. The zero-order chi connectivity index (χ0) is 25.4. The molecule has 0 unspecified atom stereocenters. The van der Waals surface area contributed by atoms with Gasteiger partial charge in [0.25, 0.3) is 5.56 Å². The van der Waals surface area contributed by atoms with Crippen molar-refractivity contribution < 1.29 is 14.3 Å². The highest BCUT2D eigenvalue weighted by Crippen LogP contribution is 2.39. The van der Waals surface area contributed by atoms with Crippen molar-refractivity contribution >= 4 is 22.8 Å². The Bertz CT molecular complexity index is 1550. The number of amides is 1. The van der Waals surface area contributed by atoms with Gasteiger partial charge in [0.05, 0.1) is 6.54 Å². The molecule has 0 radical (unpaired) electrons. The average Bonchev–Trinajstić information content (AvgIpc) is 3.49. The van der Waals surface area contributed by atoms with E-state index in [2.05, 4.69) is 15.3 Å². The number of benzene rings is 2. The van der Waals surface area contributed by atoms with Crippen molar-refractivity contribution in [3.8, 4) is 0 Å². The largest absolute Gasteiger partial charge is 0.396 e. The molecule has 0 saturated heterocycles. The van der Waals surface area contributed by atoms with Gasteiger partial charge in [-0.05, 0) is 42.0 Å². The molecule has 0 bridgehead atoms. The van der Waals surface area contributed by atoms with Gasteiger partial charge < -0.3 is 15.4 Å². The van der Waals surface area contributed by atoms with E-state index >= 15 is 0 Å². The van der Waals surface area contributed by atoms with Crippen LogP contribution >= 0.6 is 0 Å². The highest BCUT2D eigenvalue weighted by molar-refractivity contribution is 5.88. The number of anilines is 1. The summed E-state index contributed by atoms with van der Waals surface area (Å²) < 4.78 is 16.8. The second-order valence-electron chi connectivity index (χ2n) is 9.25. The Morgan fingerprint density at radius 2 is 1.89 bits per heavy atom. The van der Waals surface area contributed by atoms with Crippen LogP contribution in [0.3, 0.4) is 0 Å². The first-order valence-electron chi connectivity index (χ1n) is 11.8. The second kappa shape index (κ2) is 9.54. The Morgan fingerprint density at radius 1 is 1.14 bits per heavy atom. The minimum absolute atomic E-state index is 0.0394. The van der Waals surface area contributed by atoms with Crippen LogP contribution in [-0.2, 0) is 24.3 Å². The molecule has 36 heavy (non-hydrogen) atoms. The summed E-state index contributed by atoms with van der Waals surface area (Å²) in [5.74, 6) is 0.0617. The van der Waals surface area contributed by atoms with Gasteiger partial charge in [0.15, 0.2) is 5.65 Å². The van der Waals surface area contributed by atoms with Crippen molar-refractivity contribution in [1.82, 2.24) is 19.1 Å². The van der Waals surface area contributed by atoms with Crippen LogP contribution in [0.25, 0.3) is 11.2 Å². The smallest absolute Gasteiger partial charge is 0.333 e. The number of hydrogen-bond acceptors (Lipinski definition) is 5. The lowest BCUT2D eigenvalue weighted by Gasteiger charge is -2.11. The summed E-state index contributed by atoms with van der Waals surface area (Å²) >= 11 is 0. The average molecular weight is 492 g/mol. The molecule has 10 heteroatoms. The molecule has 3 N–H and O–H groups in total. The highest BCUT2D eigenvalue weighted by atomic mass is 19.1. The van der Waals surface area contributed by atoms with Gasteiger partial charge in [-0.3, -0.25) is 18.7 Å². The van der Waals surface area contributed by atoms with Gasteiger partial charge in [0.2, 0.25) is 5.91 Å². The molecule has 2 aromatic heterocycles. The van der Waals surface area contributed by atoms with Gasteiger partial charge in [-0.25, -0.2) is 14.2 Å². The van der Waals surface area contributed by atoms with E-state index in [-0.39, 0.29) is 47.6 Å². The van der Waals surface area contributed by atoms with Gasteiger partial charge in [-0.15, -0.1) is 0 Å². The number of nitrogens with zero attached hydrogens (tertiary/aromatic N) is 3. The lowest BCUT2D eigenvalue weighted by molar-refractivity contribution is -0.114. The number of fused-ring (bicyclic) bond motifs is 1. The molecule has 9 nitrogen and oxygen atoms in total. The van der Waals surface area contributed by atoms with Gasteiger partial charge in [0, 0.05) is 37.7 Å². The van der Waals surface area contributed by atoms with E-state index in [4.69, 9.17) is 0 Å². The Labute approximate surface area is 205 Å². The SMILES string of the molecule is CC(=O)Nc1ccc(Cc2nc3c([nH]2)c(=O)n(Cc2ccccc2F)c(=O)n3C[C@@H]2C[C@@H]2CO)cc1. The fraction of sp³-hybridized carbons (Fsp3) is 0.308. The van der Waals surface area contributed by atoms with Crippen molar-refractivity contribution in [3.63, 3.8) is 0 Å². The maximum atomic E-state index is 14.3. The first-order valence-corrected chi connectivity index (χ1v) is 11.8. The number of aliphatic hydroxyl groups excluding tert-OH is 1. The first kappa shape index (κ1) is 23.7. The number of aliphatic hydroxyl groups is 1. The number of rotatable bonds is 8. The van der Waals surface area contributed by atoms with E-state index in [0.29, 0.717) is 24.5 Å². The van der Waals surface area contributed by atoms with Crippen molar-refractivity contribution in [2.75, 3.05) is 11.9 Å². The molecule has 5 rings (SSSR count). The summed E-state index contributed by atoms with van der Waals surface area (Å²) in [5, 5.41) is 12.2. The summed E-state index contributed by atoms with van der Waals surface area (Å²) in [6.45, 7) is 1.59. The van der Waals surface area contributed by atoms with E-state index in [1.54, 1.807) is 30.3 Å². The van der Waals surface area contributed by atoms with Crippen LogP contribution in [0.5, 0.6) is 0 Å². The standard InChI is InChI=1S/C26H26FN5O4/c1-15(34)28-20-8-6-16(7-9-20)10-22-29-23-24(30-22)31(13-18-11-19(18)14-33)26(36)32(25(23)35)12-17-4-2-3-5-21(17)27/h2-9,18-19,33H,10-14H2,1H3,(H,28,34)(H,29,30)/t18-,19+/m0/s1. The molecule has 4 aromatic rings. The Morgan fingerprint density at radius 3 is 2.56 bits per heavy atom. The summed E-state index contributed by atoms with van der Waals surface area (Å²) in [6, 6.07) is 13.3. The third kappa shape index (κ3) is 4.72. The molecule has 1 fully saturated rings. The topological polar surface area (TPSA) is 122 Å². The van der Waals surface area contributed by atoms with Crippen LogP contribution in [0.4, 0.5) is 10.1 Å². The summed E-state index contributed by atoms with van der Waals surface area (Å²) in [7, 11) is 0. The first-order chi connectivity index (χ1) is 17.3. The predicted molar refractivity (Wildman–Crippen MR) is 132 cm³/mol. The van der Waals surface area contributed by atoms with Gasteiger partial charge in [-0.2, -0.15) is 0 Å². The van der Waals surface area contributed by atoms with E-state index < -0.39 is 17.1 Å². The van der Waals surface area contributed by atoms with Crippen molar-refractivity contribution in [3.05, 3.63) is 92.1 Å². The Hall–Kier alpha value is -4.05. The number of hydrogen-bond donors (Lipinski definition) is 3. The molecular formula is C26H26FN5O4. The van der Waals surface area contributed by atoms with E-state index in [1.807, 2.05) is 12.1 Å². The molecule has 1 aliphatic carbocycles. The second-order valence-corrected chi connectivity index (χ2v) is 9.25. The molecule has 1 aliphatic rings. The minimum atomic E-state index is -0.566. The van der Waals surface area contributed by atoms with Crippen LogP contribution < -0.4 is 16.6 Å². The molecule has 0 aliphatic heterocycles. The van der Waals surface area contributed by atoms with Crippen molar-refractivity contribution in [2.24, 2.45) is 11.8 Å². The van der Waals surface area contributed by atoms with E-state index in [9.17, 15) is 23.9 Å². The summed E-state index contributed by atoms with van der Waals surface area (Å²) in [6.07, 6.45) is 1.16. The fourth-order valence-electron chi connectivity index (χ4n) is 4.49. The number of H-pyrrole nitrogens is 1. The molecular weight excluding hydrogens is 465 g/mol. The van der Waals surface area contributed by atoms with Crippen LogP contribution in [0.2, 0.25) is 0 Å². The van der Waals surface area contributed by atoms with Crippen LogP contribution in [0, 0.1) is 17.7 Å². The maximum Gasteiger partial charge on any atom is 0.333 e. The molecule has 1 amide bonds. The molecule has 2 aromatic carbocycles. The molecule has 2 heterocycles. The third-order valence-corrected chi connectivity index (χ3v) is 6.56. The highest BCUT2D eigenvalue weighted by Gasteiger charge is 2.37. The lowest BCUT2D eigenvalue weighted by Crippen LogP contribution is -2.41. The monoisotopic (exact) mass is 491 g/mol. The number of carbonyl (C=O) groups is 1. The third-order valence-electron chi connectivity index (χ3n) is 6.56. The summed E-state index contributed by atoms with van der Waals surface area (Å²) in [4.78, 5) is 45.6. The molecule has 2 atom stereocenters. The molecule has 1 saturated carbocycles. The van der Waals surface area contributed by atoms with Gasteiger partial charge in [-0.1, -0.05) is 30.3 Å². The van der Waals surface area contributed by atoms with E-state index in [1.165, 1.54) is 17.6 Å².